The molecule has 1 atom stereocenters. The second kappa shape index (κ2) is 8.06. The van der Waals surface area contributed by atoms with Gasteiger partial charge in [0.25, 0.3) is 0 Å². The van der Waals surface area contributed by atoms with Crippen LogP contribution in [0.5, 0.6) is 0 Å². The van der Waals surface area contributed by atoms with Gasteiger partial charge in [-0.15, -0.1) is 0 Å². The molecule has 0 aliphatic heterocycles. The summed E-state index contributed by atoms with van der Waals surface area (Å²) >= 11 is 0. The lowest BCUT2D eigenvalue weighted by atomic mass is 9.86. The van der Waals surface area contributed by atoms with E-state index in [0.717, 1.165) is 24.1 Å². The van der Waals surface area contributed by atoms with Crippen LogP contribution in [-0.4, -0.2) is 17.6 Å². The number of carbonyl (C=O) groups is 1. The second-order valence-electron chi connectivity index (χ2n) is 6.21. The number of rotatable bonds is 8. The van der Waals surface area contributed by atoms with Gasteiger partial charge in [-0.25, -0.2) is 4.79 Å². The van der Waals surface area contributed by atoms with E-state index in [1.807, 2.05) is 12.1 Å². The van der Waals surface area contributed by atoms with Crippen LogP contribution in [0.25, 0.3) is 0 Å². The molecule has 1 unspecified atom stereocenters. The molecule has 1 aromatic rings. The van der Waals surface area contributed by atoms with Gasteiger partial charge in [0.05, 0.1) is 5.56 Å². The predicted molar refractivity (Wildman–Crippen MR) is 86.9 cm³/mol. The Morgan fingerprint density at radius 1 is 1.29 bits per heavy atom. The van der Waals surface area contributed by atoms with Crippen LogP contribution in [0.3, 0.4) is 0 Å². The summed E-state index contributed by atoms with van der Waals surface area (Å²) in [5, 5.41) is 12.4. The lowest BCUT2D eigenvalue weighted by molar-refractivity contribution is 0.0697. The third-order valence-electron chi connectivity index (χ3n) is 4.70. The van der Waals surface area contributed by atoms with Crippen molar-refractivity contribution in [2.24, 2.45) is 11.8 Å². The second-order valence-corrected chi connectivity index (χ2v) is 6.21. The molecule has 1 saturated carbocycles. The lowest BCUT2D eigenvalue weighted by Gasteiger charge is -2.24. The number of anilines is 1. The molecule has 2 rings (SSSR count). The van der Waals surface area contributed by atoms with Crippen molar-refractivity contribution < 1.29 is 9.90 Å². The third-order valence-corrected chi connectivity index (χ3v) is 4.70. The van der Waals surface area contributed by atoms with Gasteiger partial charge in [-0.2, -0.15) is 0 Å². The fraction of sp³-hybridized carbons (Fsp3) is 0.611. The summed E-state index contributed by atoms with van der Waals surface area (Å²) in [5.41, 5.74) is 1.37. The van der Waals surface area contributed by atoms with Gasteiger partial charge in [0.1, 0.15) is 0 Å². The Morgan fingerprint density at radius 3 is 2.52 bits per heavy atom. The summed E-state index contributed by atoms with van der Waals surface area (Å²) in [5.74, 6) is 0.766. The molecule has 1 aromatic carbocycles. The quantitative estimate of drug-likeness (QED) is 0.723. The molecule has 1 fully saturated rings. The third kappa shape index (κ3) is 4.76. The molecule has 2 N–H and O–H groups in total. The number of hydrogen-bond acceptors (Lipinski definition) is 2. The van der Waals surface area contributed by atoms with Gasteiger partial charge in [0.2, 0.25) is 0 Å². The van der Waals surface area contributed by atoms with Crippen molar-refractivity contribution in [3.8, 4) is 0 Å². The van der Waals surface area contributed by atoms with E-state index in [4.69, 9.17) is 5.11 Å². The van der Waals surface area contributed by atoms with Crippen LogP contribution in [0.4, 0.5) is 5.69 Å². The summed E-state index contributed by atoms with van der Waals surface area (Å²) in [6, 6.07) is 7.08. The fourth-order valence-electron chi connectivity index (χ4n) is 3.38. The van der Waals surface area contributed by atoms with Crippen LogP contribution in [0.2, 0.25) is 0 Å². The zero-order valence-corrected chi connectivity index (χ0v) is 13.0. The first kappa shape index (κ1) is 15.9. The van der Waals surface area contributed by atoms with Crippen molar-refractivity contribution in [1.82, 2.24) is 0 Å². The van der Waals surface area contributed by atoms with Crippen molar-refractivity contribution >= 4 is 11.7 Å². The van der Waals surface area contributed by atoms with Gasteiger partial charge in [0, 0.05) is 12.2 Å². The first-order valence-corrected chi connectivity index (χ1v) is 8.28. The number of carboxylic acid groups (broad SMARTS) is 1. The SMILES string of the molecule is CCCCC(CNc1ccc(C(=O)O)cc1)C1CCCC1. The van der Waals surface area contributed by atoms with Crippen molar-refractivity contribution in [2.45, 2.75) is 51.9 Å². The molecule has 1 aliphatic carbocycles. The molecule has 0 heterocycles. The number of nitrogens with one attached hydrogen (secondary N) is 1. The standard InChI is InChI=1S/C18H27NO2/c1-2-3-6-16(14-7-4-5-8-14)13-19-17-11-9-15(10-12-17)18(20)21/h9-12,14,16,19H,2-8,13H2,1H3,(H,20,21). The van der Waals surface area contributed by atoms with Crippen LogP contribution in [0.1, 0.15) is 62.2 Å². The number of benzene rings is 1. The van der Waals surface area contributed by atoms with Crippen molar-refractivity contribution in [2.75, 3.05) is 11.9 Å². The van der Waals surface area contributed by atoms with Crippen LogP contribution < -0.4 is 5.32 Å². The molecule has 0 aromatic heterocycles. The van der Waals surface area contributed by atoms with Gasteiger partial charge in [-0.3, -0.25) is 0 Å². The van der Waals surface area contributed by atoms with Gasteiger partial charge in [-0.05, 0) is 42.5 Å². The molecule has 3 heteroatoms. The fourth-order valence-corrected chi connectivity index (χ4v) is 3.38. The first-order valence-electron chi connectivity index (χ1n) is 8.28. The summed E-state index contributed by atoms with van der Waals surface area (Å²) in [4.78, 5) is 10.9. The van der Waals surface area contributed by atoms with Crippen LogP contribution in [-0.2, 0) is 0 Å². The lowest BCUT2D eigenvalue weighted by Crippen LogP contribution is -2.21. The number of unbranched alkanes of at least 4 members (excludes halogenated alkanes) is 1. The average Bonchev–Trinajstić information content (AvgIpc) is 3.02. The number of aromatic carboxylic acids is 1. The van der Waals surface area contributed by atoms with Crippen LogP contribution in [0.15, 0.2) is 24.3 Å². The summed E-state index contributed by atoms with van der Waals surface area (Å²) in [6.07, 6.45) is 9.42. The minimum Gasteiger partial charge on any atom is -0.478 e. The Labute approximate surface area is 127 Å². The largest absolute Gasteiger partial charge is 0.478 e. The van der Waals surface area contributed by atoms with E-state index in [1.165, 1.54) is 44.9 Å². The number of hydrogen-bond donors (Lipinski definition) is 2. The van der Waals surface area contributed by atoms with E-state index in [2.05, 4.69) is 12.2 Å². The van der Waals surface area contributed by atoms with E-state index in [-0.39, 0.29) is 0 Å². The Balaban J connectivity index is 1.89. The van der Waals surface area contributed by atoms with E-state index in [1.54, 1.807) is 12.1 Å². The zero-order chi connectivity index (χ0) is 15.1. The highest BCUT2D eigenvalue weighted by Crippen LogP contribution is 2.34. The van der Waals surface area contributed by atoms with Crippen molar-refractivity contribution in [1.29, 1.82) is 0 Å². The van der Waals surface area contributed by atoms with Gasteiger partial charge >= 0.3 is 5.97 Å². The van der Waals surface area contributed by atoms with Gasteiger partial charge in [-0.1, -0.05) is 45.4 Å². The van der Waals surface area contributed by atoms with Crippen LogP contribution >= 0.6 is 0 Å². The maximum Gasteiger partial charge on any atom is 0.335 e. The highest BCUT2D eigenvalue weighted by atomic mass is 16.4. The highest BCUT2D eigenvalue weighted by molar-refractivity contribution is 5.87. The van der Waals surface area contributed by atoms with Crippen molar-refractivity contribution in [3.05, 3.63) is 29.8 Å². The Bertz CT molecular complexity index is 435. The van der Waals surface area contributed by atoms with Crippen molar-refractivity contribution in [3.63, 3.8) is 0 Å². The highest BCUT2D eigenvalue weighted by Gasteiger charge is 2.24. The molecule has 0 radical (unpaired) electrons. The molecular formula is C18H27NO2. The smallest absolute Gasteiger partial charge is 0.335 e. The molecule has 0 spiro atoms. The average molecular weight is 289 g/mol. The predicted octanol–water partition coefficient (Wildman–Crippen LogP) is 4.79. The Kier molecular flexibility index (Phi) is 6.09. The molecule has 1 aliphatic rings. The molecule has 0 saturated heterocycles. The molecular weight excluding hydrogens is 262 g/mol. The Morgan fingerprint density at radius 2 is 1.95 bits per heavy atom. The van der Waals surface area contributed by atoms with Gasteiger partial charge in [0.15, 0.2) is 0 Å². The Hall–Kier alpha value is -1.51. The summed E-state index contributed by atoms with van der Waals surface area (Å²) < 4.78 is 0. The summed E-state index contributed by atoms with van der Waals surface area (Å²) in [6.45, 7) is 3.26. The zero-order valence-electron chi connectivity index (χ0n) is 13.0. The maximum absolute atomic E-state index is 10.9. The topological polar surface area (TPSA) is 49.3 Å². The molecule has 3 nitrogen and oxygen atoms in total. The normalized spacial score (nSPS) is 16.8. The van der Waals surface area contributed by atoms with E-state index >= 15 is 0 Å². The minimum atomic E-state index is -0.867. The monoisotopic (exact) mass is 289 g/mol. The summed E-state index contributed by atoms with van der Waals surface area (Å²) in [7, 11) is 0. The molecule has 0 amide bonds. The van der Waals surface area contributed by atoms with Gasteiger partial charge < -0.3 is 10.4 Å². The van der Waals surface area contributed by atoms with E-state index < -0.39 is 5.97 Å². The number of carboxylic acids is 1. The van der Waals surface area contributed by atoms with Crippen LogP contribution in [0, 0.1) is 11.8 Å². The molecule has 21 heavy (non-hydrogen) atoms. The molecule has 116 valence electrons. The van der Waals surface area contributed by atoms with E-state index in [9.17, 15) is 4.79 Å². The first-order chi connectivity index (χ1) is 10.2. The maximum atomic E-state index is 10.9. The molecule has 0 bridgehead atoms. The van der Waals surface area contributed by atoms with E-state index in [0.29, 0.717) is 5.56 Å². The minimum absolute atomic E-state index is 0.346.